The molecule has 1 heterocycles. The summed E-state index contributed by atoms with van der Waals surface area (Å²) in [4.78, 5) is 26.8. The lowest BCUT2D eigenvalue weighted by Gasteiger charge is -2.21. The van der Waals surface area contributed by atoms with Crippen LogP contribution in [0, 0.1) is 0 Å². The third-order valence-corrected chi connectivity index (χ3v) is 3.69. The molecule has 0 radical (unpaired) electrons. The van der Waals surface area contributed by atoms with Crippen molar-refractivity contribution in [2.24, 2.45) is 0 Å². The van der Waals surface area contributed by atoms with Gasteiger partial charge in [0.25, 0.3) is 0 Å². The Kier molecular flexibility index (Phi) is 4.32. The van der Waals surface area contributed by atoms with Gasteiger partial charge in [-0.1, -0.05) is 6.07 Å². The van der Waals surface area contributed by atoms with Crippen LogP contribution in [0.4, 0.5) is 10.5 Å². The first-order chi connectivity index (χ1) is 9.90. The Hall–Kier alpha value is -2.28. The van der Waals surface area contributed by atoms with E-state index >= 15 is 0 Å². The maximum atomic E-state index is 12.2. The highest BCUT2D eigenvalue weighted by atomic mass is 16.4. The van der Waals surface area contributed by atoms with E-state index in [1.807, 2.05) is 14.1 Å². The zero-order valence-corrected chi connectivity index (χ0v) is 12.0. The first-order valence-corrected chi connectivity index (χ1v) is 6.67. The second-order valence-corrected chi connectivity index (χ2v) is 5.29. The number of hydrogen-bond donors (Lipinski definition) is 3. The van der Waals surface area contributed by atoms with Crippen LogP contribution in [-0.2, 0) is 0 Å². The average molecular weight is 293 g/mol. The second kappa shape index (κ2) is 6.01. The number of hydrogen-bond acceptors (Lipinski definition) is 4. The summed E-state index contributed by atoms with van der Waals surface area (Å²) in [5.41, 5.74) is -0.131. The number of amides is 2. The topological polar surface area (TPSA) is 93.1 Å². The van der Waals surface area contributed by atoms with Crippen molar-refractivity contribution in [3.63, 3.8) is 0 Å². The number of carbonyl (C=O) groups excluding carboxylic acids is 1. The van der Waals surface area contributed by atoms with Crippen LogP contribution in [-0.4, -0.2) is 65.2 Å². The van der Waals surface area contributed by atoms with E-state index in [0.717, 1.165) is 6.42 Å². The molecule has 0 bridgehead atoms. The van der Waals surface area contributed by atoms with E-state index in [9.17, 15) is 14.7 Å². The SMILES string of the molecule is CN(C)C1CCN(C(=O)Nc2cccc(C(=O)O)c2O)C1. The predicted octanol–water partition coefficient (Wildman–Crippen LogP) is 1.26. The maximum absolute atomic E-state index is 12.2. The molecular formula is C14H19N3O4. The Balaban J connectivity index is 2.07. The number of nitrogens with one attached hydrogen (secondary N) is 1. The number of para-hydroxylation sites is 1. The van der Waals surface area contributed by atoms with Crippen LogP contribution in [0.2, 0.25) is 0 Å². The summed E-state index contributed by atoms with van der Waals surface area (Å²) < 4.78 is 0. The van der Waals surface area contributed by atoms with E-state index in [1.165, 1.54) is 18.2 Å². The van der Waals surface area contributed by atoms with E-state index < -0.39 is 11.7 Å². The Morgan fingerprint density at radius 3 is 2.67 bits per heavy atom. The minimum Gasteiger partial charge on any atom is -0.505 e. The molecule has 1 fully saturated rings. The molecule has 21 heavy (non-hydrogen) atoms. The zero-order valence-electron chi connectivity index (χ0n) is 12.0. The molecule has 2 rings (SSSR count). The van der Waals surface area contributed by atoms with Gasteiger partial charge < -0.3 is 25.3 Å². The molecule has 1 aromatic carbocycles. The van der Waals surface area contributed by atoms with E-state index in [2.05, 4.69) is 10.2 Å². The summed E-state index contributed by atoms with van der Waals surface area (Å²) in [5, 5.41) is 21.4. The number of carboxylic acids is 1. The molecule has 0 saturated carbocycles. The highest BCUT2D eigenvalue weighted by molar-refractivity contribution is 5.97. The number of rotatable bonds is 3. The Bertz CT molecular complexity index is 559. The van der Waals surface area contributed by atoms with E-state index in [4.69, 9.17) is 5.11 Å². The lowest BCUT2D eigenvalue weighted by molar-refractivity contribution is 0.0693. The standard InChI is InChI=1S/C14H19N3O4/c1-16(2)9-6-7-17(8-9)14(21)15-11-5-3-4-10(12(11)18)13(19)20/h3-5,9,18H,6-8H2,1-2H3,(H,15,21)(H,19,20). The van der Waals surface area contributed by atoms with Gasteiger partial charge in [0.05, 0.1) is 5.69 Å². The van der Waals surface area contributed by atoms with Crippen molar-refractivity contribution < 1.29 is 19.8 Å². The van der Waals surface area contributed by atoms with Gasteiger partial charge in [-0.05, 0) is 32.6 Å². The summed E-state index contributed by atoms with van der Waals surface area (Å²) >= 11 is 0. The summed E-state index contributed by atoms with van der Waals surface area (Å²) in [6, 6.07) is 4.21. The Morgan fingerprint density at radius 2 is 2.10 bits per heavy atom. The van der Waals surface area contributed by atoms with Gasteiger partial charge in [-0.15, -0.1) is 0 Å². The smallest absolute Gasteiger partial charge is 0.339 e. The molecule has 1 unspecified atom stereocenters. The van der Waals surface area contributed by atoms with Gasteiger partial charge in [0.1, 0.15) is 5.56 Å². The lowest BCUT2D eigenvalue weighted by Crippen LogP contribution is -2.36. The van der Waals surface area contributed by atoms with E-state index in [1.54, 1.807) is 4.90 Å². The molecule has 1 aliphatic heterocycles. The number of aromatic carboxylic acids is 1. The van der Waals surface area contributed by atoms with Crippen molar-refractivity contribution in [2.45, 2.75) is 12.5 Å². The van der Waals surface area contributed by atoms with Crippen molar-refractivity contribution in [1.82, 2.24) is 9.80 Å². The minimum absolute atomic E-state index is 0.105. The molecule has 2 amide bonds. The minimum atomic E-state index is -1.24. The summed E-state index contributed by atoms with van der Waals surface area (Å²) in [7, 11) is 3.93. The third-order valence-electron chi connectivity index (χ3n) is 3.69. The van der Waals surface area contributed by atoms with E-state index in [-0.39, 0.29) is 17.3 Å². The third kappa shape index (κ3) is 3.25. The number of likely N-dealkylation sites (N-methyl/N-ethyl adjacent to an activating group) is 1. The van der Waals surface area contributed by atoms with Crippen molar-refractivity contribution in [3.8, 4) is 5.75 Å². The number of anilines is 1. The highest BCUT2D eigenvalue weighted by Crippen LogP contribution is 2.28. The van der Waals surface area contributed by atoms with Crippen molar-refractivity contribution in [2.75, 3.05) is 32.5 Å². The molecule has 3 N–H and O–H groups in total. The average Bonchev–Trinajstić information content (AvgIpc) is 2.90. The quantitative estimate of drug-likeness (QED) is 0.730. The number of urea groups is 1. The first-order valence-electron chi connectivity index (χ1n) is 6.67. The van der Waals surface area contributed by atoms with Gasteiger partial charge >= 0.3 is 12.0 Å². The monoisotopic (exact) mass is 293 g/mol. The molecular weight excluding hydrogens is 274 g/mol. The van der Waals surface area contributed by atoms with Crippen molar-refractivity contribution in [3.05, 3.63) is 23.8 Å². The molecule has 0 aliphatic carbocycles. The summed E-state index contributed by atoms with van der Waals surface area (Å²) in [6.07, 6.45) is 0.890. The molecule has 1 saturated heterocycles. The summed E-state index contributed by atoms with van der Waals surface area (Å²) in [5.74, 6) is -1.67. The molecule has 7 heteroatoms. The van der Waals surface area contributed by atoms with Crippen molar-refractivity contribution >= 4 is 17.7 Å². The molecule has 114 valence electrons. The first kappa shape index (κ1) is 15.1. The predicted molar refractivity (Wildman–Crippen MR) is 77.7 cm³/mol. The van der Waals surface area contributed by atoms with Crippen LogP contribution >= 0.6 is 0 Å². The van der Waals surface area contributed by atoms with Crippen LogP contribution < -0.4 is 5.32 Å². The van der Waals surface area contributed by atoms with Gasteiger partial charge in [0, 0.05) is 19.1 Å². The number of phenols is 1. The van der Waals surface area contributed by atoms with Crippen LogP contribution in [0.15, 0.2) is 18.2 Å². The van der Waals surface area contributed by atoms with Gasteiger partial charge in [0.2, 0.25) is 0 Å². The fourth-order valence-corrected chi connectivity index (χ4v) is 2.36. The molecule has 0 spiro atoms. The van der Waals surface area contributed by atoms with Gasteiger partial charge in [-0.25, -0.2) is 9.59 Å². The molecule has 1 aromatic rings. The van der Waals surface area contributed by atoms with Crippen LogP contribution in [0.5, 0.6) is 5.75 Å². The molecule has 7 nitrogen and oxygen atoms in total. The van der Waals surface area contributed by atoms with E-state index in [0.29, 0.717) is 19.1 Å². The number of carboxylic acid groups (broad SMARTS) is 1. The molecule has 1 atom stereocenters. The number of aromatic hydroxyl groups is 1. The lowest BCUT2D eigenvalue weighted by atomic mass is 10.1. The Labute approximate surface area is 122 Å². The fraction of sp³-hybridized carbons (Fsp3) is 0.429. The van der Waals surface area contributed by atoms with Crippen LogP contribution in [0.3, 0.4) is 0 Å². The second-order valence-electron chi connectivity index (χ2n) is 5.29. The largest absolute Gasteiger partial charge is 0.505 e. The molecule has 0 aromatic heterocycles. The summed E-state index contributed by atoms with van der Waals surface area (Å²) in [6.45, 7) is 1.24. The Morgan fingerprint density at radius 1 is 1.38 bits per heavy atom. The van der Waals surface area contributed by atoms with Gasteiger partial charge in [-0.3, -0.25) is 0 Å². The number of likely N-dealkylation sites (tertiary alicyclic amines) is 1. The number of carbonyl (C=O) groups is 2. The number of nitrogens with zero attached hydrogens (tertiary/aromatic N) is 2. The highest BCUT2D eigenvalue weighted by Gasteiger charge is 2.28. The number of benzene rings is 1. The molecule has 1 aliphatic rings. The van der Waals surface area contributed by atoms with Gasteiger partial charge in [0.15, 0.2) is 5.75 Å². The van der Waals surface area contributed by atoms with Gasteiger partial charge in [-0.2, -0.15) is 0 Å². The normalized spacial score (nSPS) is 18.0. The fourth-order valence-electron chi connectivity index (χ4n) is 2.36. The maximum Gasteiger partial charge on any atom is 0.339 e. The zero-order chi connectivity index (χ0) is 15.6. The van der Waals surface area contributed by atoms with Crippen LogP contribution in [0.25, 0.3) is 0 Å². The van der Waals surface area contributed by atoms with Crippen molar-refractivity contribution in [1.29, 1.82) is 0 Å². The van der Waals surface area contributed by atoms with Crippen LogP contribution in [0.1, 0.15) is 16.8 Å².